The Morgan fingerprint density at radius 1 is 0.645 bits per heavy atom. The van der Waals surface area contributed by atoms with E-state index in [4.69, 9.17) is 0 Å². The Bertz CT molecular complexity index is 1430. The molecular formula is C28H21NO2. The van der Waals surface area contributed by atoms with Crippen LogP contribution >= 0.6 is 0 Å². The third kappa shape index (κ3) is 3.24. The first-order valence-electron chi connectivity index (χ1n) is 10.4. The normalized spacial score (nSPS) is 11.1. The number of nitrogens with zero attached hydrogens (tertiary/aromatic N) is 1. The van der Waals surface area contributed by atoms with Gasteiger partial charge in [0.05, 0.1) is 11.0 Å². The van der Waals surface area contributed by atoms with E-state index in [1.165, 1.54) is 0 Å². The lowest BCUT2D eigenvalue weighted by Crippen LogP contribution is -2.02. The van der Waals surface area contributed by atoms with Crippen molar-refractivity contribution in [2.75, 3.05) is 0 Å². The number of para-hydroxylation sites is 1. The molecule has 0 amide bonds. The first-order chi connectivity index (χ1) is 15.2. The first kappa shape index (κ1) is 19.0. The average molecular weight is 403 g/mol. The van der Waals surface area contributed by atoms with E-state index in [9.17, 15) is 9.59 Å². The van der Waals surface area contributed by atoms with Crippen LogP contribution in [-0.2, 0) is 0 Å². The number of ketones is 2. The van der Waals surface area contributed by atoms with Gasteiger partial charge in [-0.05, 0) is 48.5 Å². The van der Waals surface area contributed by atoms with Crippen LogP contribution in [0.5, 0.6) is 0 Å². The standard InChI is InChI=1S/C28H21NO2/c1-2-27(30)21-14-17-26-24(18-21)23-10-6-7-11-25(23)29(26)22-15-12-20(13-16-22)28(31)19-8-4-3-5-9-19/h3-18H,2H2,1H3. The zero-order valence-corrected chi connectivity index (χ0v) is 17.2. The van der Waals surface area contributed by atoms with Crippen molar-refractivity contribution < 1.29 is 9.59 Å². The van der Waals surface area contributed by atoms with Gasteiger partial charge in [0, 0.05) is 39.6 Å². The highest BCUT2D eigenvalue weighted by Gasteiger charge is 2.15. The van der Waals surface area contributed by atoms with Gasteiger partial charge in [0.1, 0.15) is 0 Å². The van der Waals surface area contributed by atoms with E-state index in [0.717, 1.165) is 33.1 Å². The van der Waals surface area contributed by atoms with Crippen molar-refractivity contribution in [3.8, 4) is 5.69 Å². The SMILES string of the molecule is CCC(=O)c1ccc2c(c1)c1ccccc1n2-c1ccc(C(=O)c2ccccc2)cc1. The number of fused-ring (bicyclic) bond motifs is 3. The number of aromatic nitrogens is 1. The van der Waals surface area contributed by atoms with Crippen LogP contribution in [0.25, 0.3) is 27.5 Å². The molecule has 0 spiro atoms. The Morgan fingerprint density at radius 3 is 2.00 bits per heavy atom. The lowest BCUT2D eigenvalue weighted by molar-refractivity contribution is 0.0987. The summed E-state index contributed by atoms with van der Waals surface area (Å²) < 4.78 is 2.18. The predicted octanol–water partition coefficient (Wildman–Crippen LogP) is 6.61. The van der Waals surface area contributed by atoms with Crippen LogP contribution in [0.2, 0.25) is 0 Å². The largest absolute Gasteiger partial charge is 0.309 e. The molecule has 0 fully saturated rings. The van der Waals surface area contributed by atoms with E-state index in [0.29, 0.717) is 17.5 Å². The topological polar surface area (TPSA) is 39.1 Å². The van der Waals surface area contributed by atoms with Gasteiger partial charge in [-0.3, -0.25) is 9.59 Å². The molecule has 0 aliphatic heterocycles. The van der Waals surface area contributed by atoms with Gasteiger partial charge in [0.25, 0.3) is 0 Å². The fourth-order valence-corrected chi connectivity index (χ4v) is 4.15. The van der Waals surface area contributed by atoms with E-state index < -0.39 is 0 Å². The fraction of sp³-hybridized carbons (Fsp3) is 0.0714. The van der Waals surface area contributed by atoms with Crippen LogP contribution < -0.4 is 0 Å². The Labute approximate surface area is 180 Å². The van der Waals surface area contributed by atoms with Crippen LogP contribution in [0, 0.1) is 0 Å². The zero-order valence-electron chi connectivity index (χ0n) is 17.2. The molecule has 150 valence electrons. The molecule has 0 N–H and O–H groups in total. The lowest BCUT2D eigenvalue weighted by Gasteiger charge is -2.09. The van der Waals surface area contributed by atoms with E-state index in [1.807, 2.05) is 91.9 Å². The second kappa shape index (κ2) is 7.69. The molecule has 0 aliphatic carbocycles. The number of carbonyl (C=O) groups excluding carboxylic acids is 2. The Balaban J connectivity index is 1.64. The molecule has 0 unspecified atom stereocenters. The second-order valence-corrected chi connectivity index (χ2v) is 7.60. The summed E-state index contributed by atoms with van der Waals surface area (Å²) in [5.74, 6) is 0.152. The van der Waals surface area contributed by atoms with Crippen molar-refractivity contribution in [2.24, 2.45) is 0 Å². The first-order valence-corrected chi connectivity index (χ1v) is 10.4. The third-order valence-electron chi connectivity index (χ3n) is 5.74. The second-order valence-electron chi connectivity index (χ2n) is 7.60. The van der Waals surface area contributed by atoms with Crippen molar-refractivity contribution in [3.05, 3.63) is 114 Å². The summed E-state index contributed by atoms with van der Waals surface area (Å²) in [6.45, 7) is 1.88. The molecular weight excluding hydrogens is 382 g/mol. The highest BCUT2D eigenvalue weighted by Crippen LogP contribution is 2.33. The molecule has 5 rings (SSSR count). The number of rotatable bonds is 5. The number of carbonyl (C=O) groups is 2. The van der Waals surface area contributed by atoms with Gasteiger partial charge >= 0.3 is 0 Å². The summed E-state index contributed by atoms with van der Waals surface area (Å²) in [6, 6.07) is 31.1. The smallest absolute Gasteiger partial charge is 0.193 e. The van der Waals surface area contributed by atoms with Crippen molar-refractivity contribution in [1.29, 1.82) is 0 Å². The van der Waals surface area contributed by atoms with Gasteiger partial charge in [-0.2, -0.15) is 0 Å². The fourth-order valence-electron chi connectivity index (χ4n) is 4.15. The van der Waals surface area contributed by atoms with Gasteiger partial charge in [-0.1, -0.05) is 55.5 Å². The van der Waals surface area contributed by atoms with Crippen LogP contribution in [0.3, 0.4) is 0 Å². The molecule has 0 atom stereocenters. The summed E-state index contributed by atoms with van der Waals surface area (Å²) in [4.78, 5) is 25.0. The maximum absolute atomic E-state index is 12.8. The van der Waals surface area contributed by atoms with Crippen LogP contribution in [0.4, 0.5) is 0 Å². The molecule has 0 saturated carbocycles. The molecule has 31 heavy (non-hydrogen) atoms. The van der Waals surface area contributed by atoms with E-state index in [2.05, 4.69) is 16.7 Å². The Hall–Kier alpha value is -3.98. The Kier molecular flexibility index (Phi) is 4.72. The number of Topliss-reactive ketones (excluding diaryl/α,β-unsaturated/α-hetero) is 1. The highest BCUT2D eigenvalue weighted by molar-refractivity contribution is 6.12. The van der Waals surface area contributed by atoms with Crippen molar-refractivity contribution in [2.45, 2.75) is 13.3 Å². The summed E-state index contributed by atoms with van der Waals surface area (Å²) in [5.41, 5.74) is 5.16. The van der Waals surface area contributed by atoms with E-state index in [-0.39, 0.29) is 11.6 Å². The molecule has 1 heterocycles. The average Bonchev–Trinajstić information content (AvgIpc) is 3.17. The predicted molar refractivity (Wildman–Crippen MR) is 125 cm³/mol. The molecule has 1 aromatic heterocycles. The van der Waals surface area contributed by atoms with E-state index in [1.54, 1.807) is 0 Å². The van der Waals surface area contributed by atoms with Crippen molar-refractivity contribution >= 4 is 33.4 Å². The van der Waals surface area contributed by atoms with Crippen LogP contribution in [0.15, 0.2) is 97.1 Å². The minimum absolute atomic E-state index is 0.0112. The monoisotopic (exact) mass is 403 g/mol. The number of hydrogen-bond acceptors (Lipinski definition) is 2. The number of benzene rings is 4. The summed E-state index contributed by atoms with van der Waals surface area (Å²) in [6.07, 6.45) is 0.487. The van der Waals surface area contributed by atoms with Crippen LogP contribution in [-0.4, -0.2) is 16.1 Å². The van der Waals surface area contributed by atoms with Crippen molar-refractivity contribution in [1.82, 2.24) is 4.57 Å². The summed E-state index contributed by atoms with van der Waals surface area (Å²) in [7, 11) is 0. The van der Waals surface area contributed by atoms with Gasteiger partial charge < -0.3 is 4.57 Å². The highest BCUT2D eigenvalue weighted by atomic mass is 16.1. The summed E-state index contributed by atoms with van der Waals surface area (Å²) in [5, 5.41) is 2.16. The molecule has 3 nitrogen and oxygen atoms in total. The van der Waals surface area contributed by atoms with Gasteiger partial charge in [-0.25, -0.2) is 0 Å². The minimum Gasteiger partial charge on any atom is -0.309 e. The molecule has 0 aliphatic rings. The third-order valence-corrected chi connectivity index (χ3v) is 5.74. The van der Waals surface area contributed by atoms with E-state index >= 15 is 0 Å². The lowest BCUT2D eigenvalue weighted by atomic mass is 10.0. The molecule has 3 heteroatoms. The summed E-state index contributed by atoms with van der Waals surface area (Å²) >= 11 is 0. The molecule has 5 aromatic rings. The molecule has 0 saturated heterocycles. The quantitative estimate of drug-likeness (QED) is 0.310. The Morgan fingerprint density at radius 2 is 1.26 bits per heavy atom. The van der Waals surface area contributed by atoms with Gasteiger partial charge in [-0.15, -0.1) is 0 Å². The number of hydrogen-bond donors (Lipinski definition) is 0. The van der Waals surface area contributed by atoms with Crippen molar-refractivity contribution in [3.63, 3.8) is 0 Å². The molecule has 0 radical (unpaired) electrons. The zero-order chi connectivity index (χ0) is 21.4. The van der Waals surface area contributed by atoms with Gasteiger partial charge in [0.2, 0.25) is 0 Å². The van der Waals surface area contributed by atoms with Crippen LogP contribution in [0.1, 0.15) is 39.6 Å². The van der Waals surface area contributed by atoms with Gasteiger partial charge in [0.15, 0.2) is 11.6 Å². The maximum Gasteiger partial charge on any atom is 0.193 e. The minimum atomic E-state index is 0.0112. The molecule has 4 aromatic carbocycles. The molecule has 0 bridgehead atoms. The maximum atomic E-state index is 12.8.